The fourth-order valence-electron chi connectivity index (χ4n) is 3.38. The summed E-state index contributed by atoms with van der Waals surface area (Å²) in [4.78, 5) is 0. The van der Waals surface area contributed by atoms with Crippen LogP contribution in [0.5, 0.6) is 0 Å². The maximum absolute atomic E-state index is 5.75. The predicted molar refractivity (Wildman–Crippen MR) is 154 cm³/mol. The molecule has 1 aliphatic rings. The molecule has 1 heteroatoms. The van der Waals surface area contributed by atoms with Crippen molar-refractivity contribution in [2.24, 2.45) is 5.92 Å². The van der Waals surface area contributed by atoms with Gasteiger partial charge in [-0.2, -0.15) is 19.3 Å². The second kappa shape index (κ2) is 25.6. The first-order chi connectivity index (χ1) is 18.2. The molecule has 0 spiro atoms. The summed E-state index contributed by atoms with van der Waals surface area (Å²) in [5.74, 6) is 0.920. The molecule has 1 atom stereocenters. The number of hydrogen-bond donors (Lipinski definition) is 0. The minimum atomic E-state index is 0. The molecule has 33 heavy (non-hydrogen) atoms. The molecule has 0 nitrogen and oxygen atoms in total. The fraction of sp³-hybridized carbons (Fsp3) is 0.438. The summed E-state index contributed by atoms with van der Waals surface area (Å²) in [6, 6.07) is 25.2. The molecule has 1 saturated carbocycles. The Balaban J connectivity index is -0.000000123. The molecule has 1 unspecified atom stereocenters. The molecular formula is C32H54Y-2. The van der Waals surface area contributed by atoms with Gasteiger partial charge in [-0.1, -0.05) is 140 Å². The Hall–Kier alpha value is -0.976. The van der Waals surface area contributed by atoms with Crippen LogP contribution in [-0.4, -0.2) is 0 Å². The first-order valence-electron chi connectivity index (χ1n) is 15.3. The smallest absolute Gasteiger partial charge is 0.0194 e. The zero-order valence-corrected chi connectivity index (χ0v) is 25.6. The van der Waals surface area contributed by atoms with Crippen molar-refractivity contribution in [3.8, 4) is 0 Å². The summed E-state index contributed by atoms with van der Waals surface area (Å²) in [5, 5.41) is 2.64. The minimum Gasteiger partial charge on any atom is -0.334 e. The molecule has 1 radical (unpaired) electrons. The third-order valence-corrected chi connectivity index (χ3v) is 4.91. The second-order valence-corrected chi connectivity index (χ2v) is 7.43. The average Bonchev–Trinajstić information content (AvgIpc) is 3.00. The third kappa shape index (κ3) is 18.1. The van der Waals surface area contributed by atoms with Crippen LogP contribution in [0.15, 0.2) is 72.8 Å². The van der Waals surface area contributed by atoms with Crippen LogP contribution in [0.2, 0.25) is 0 Å². The molecule has 0 heterocycles. The van der Waals surface area contributed by atoms with E-state index in [1.165, 1.54) is 91.0 Å². The van der Waals surface area contributed by atoms with Crippen molar-refractivity contribution in [3.63, 3.8) is 0 Å². The van der Waals surface area contributed by atoms with Gasteiger partial charge in [-0.15, -0.1) is 0 Å². The molecule has 0 aliphatic heterocycles. The summed E-state index contributed by atoms with van der Waals surface area (Å²) >= 11 is 0. The quantitative estimate of drug-likeness (QED) is 0.285. The van der Waals surface area contributed by atoms with Gasteiger partial charge in [-0.3, -0.25) is 0 Å². The van der Waals surface area contributed by atoms with E-state index >= 15 is 0 Å². The van der Waals surface area contributed by atoms with Gasteiger partial charge in [0.2, 0.25) is 0 Å². The van der Waals surface area contributed by atoms with E-state index in [0.717, 1.165) is 5.92 Å². The SMILES string of the molecule is C[CH-]CC1[CH-]CCCC1.Cc1ccc2ccccc2c1.Cc1ccccc1.[3H]C.[3H]C.[3H]C.[3H]C.[3H]C.[Y]. The van der Waals surface area contributed by atoms with Crippen molar-refractivity contribution in [1.29, 1.82) is 0 Å². The van der Waals surface area contributed by atoms with Crippen LogP contribution >= 0.6 is 0 Å². The minimum absolute atomic E-state index is 0. The first kappa shape index (κ1) is 30.1. The van der Waals surface area contributed by atoms with Crippen LogP contribution < -0.4 is 0 Å². The van der Waals surface area contributed by atoms with E-state index in [0.29, 0.717) is 0 Å². The Morgan fingerprint density at radius 1 is 0.788 bits per heavy atom. The molecule has 1 fully saturated rings. The predicted octanol–water partition coefficient (Wildman–Crippen LogP) is 11.3. The van der Waals surface area contributed by atoms with Gasteiger partial charge in [0.05, 0.1) is 0 Å². The Morgan fingerprint density at radius 2 is 1.36 bits per heavy atom. The summed E-state index contributed by atoms with van der Waals surface area (Å²) in [6.45, 7) is 6.36. The molecular weight excluding hydrogens is 473 g/mol. The van der Waals surface area contributed by atoms with E-state index in [-0.39, 0.29) is 32.7 Å². The van der Waals surface area contributed by atoms with E-state index in [1.54, 1.807) is 0 Å². The molecule has 3 aromatic rings. The Morgan fingerprint density at radius 3 is 1.85 bits per heavy atom. The molecule has 0 bridgehead atoms. The zero-order chi connectivity index (χ0) is 29.3. The van der Waals surface area contributed by atoms with Crippen LogP contribution in [0.25, 0.3) is 10.8 Å². The van der Waals surface area contributed by atoms with Gasteiger partial charge in [0.25, 0.3) is 0 Å². The molecule has 0 amide bonds. The topological polar surface area (TPSA) is 0 Å². The van der Waals surface area contributed by atoms with Gasteiger partial charge in [-0.25, -0.2) is 6.42 Å². The van der Waals surface area contributed by atoms with E-state index in [4.69, 9.17) is 6.85 Å². The van der Waals surface area contributed by atoms with Crippen molar-refractivity contribution in [3.05, 3.63) is 96.8 Å². The van der Waals surface area contributed by atoms with Gasteiger partial charge >= 0.3 is 0 Å². The van der Waals surface area contributed by atoms with Crippen LogP contribution in [0, 0.1) is 32.6 Å². The van der Waals surface area contributed by atoms with Crippen molar-refractivity contribution < 1.29 is 39.6 Å². The van der Waals surface area contributed by atoms with Gasteiger partial charge in [0.15, 0.2) is 0 Å². The van der Waals surface area contributed by atoms with Crippen molar-refractivity contribution in [2.75, 3.05) is 0 Å². The van der Waals surface area contributed by atoms with Gasteiger partial charge in [-0.05, 0) is 24.6 Å². The largest absolute Gasteiger partial charge is 0.334 e. The molecule has 0 aromatic heterocycles. The second-order valence-electron chi connectivity index (χ2n) is 7.43. The molecule has 0 saturated heterocycles. The number of aryl methyl sites for hydroxylation is 2. The molecule has 3 aromatic carbocycles. The number of benzene rings is 3. The van der Waals surface area contributed by atoms with Gasteiger partial charge in [0, 0.05) is 39.6 Å². The number of rotatable bonds is 2. The average molecular weight is 538 g/mol. The Bertz CT molecular complexity index is 776. The van der Waals surface area contributed by atoms with Crippen LogP contribution in [0.4, 0.5) is 0 Å². The zero-order valence-electron chi connectivity index (χ0n) is 27.8. The monoisotopic (exact) mass is 537 g/mol. The molecule has 0 N–H and O–H groups in total. The molecule has 1 aliphatic carbocycles. The standard InChI is InChI=1S/C11H10.C9H16.C7H8.5CH4.Y/c1-9-6-7-10-4-2-3-5-11(10)8-9;1-2-6-9-7-4-3-5-8-9;1-7-5-3-2-4-6-7;;;;;;/h2-8H,1H3;2,7,9H,3-6,8H2,1H3;2-6H,1H3;5*1H4;/q;-2;;;;;;;/i;;;5*1T;. The molecule has 4 rings (SSSR count). The first-order valence-corrected chi connectivity index (χ1v) is 10.3. The van der Waals surface area contributed by atoms with Crippen molar-refractivity contribution in [2.45, 2.75) is 89.9 Å². The van der Waals surface area contributed by atoms with Gasteiger partial charge < -0.3 is 12.8 Å². The molecule has 187 valence electrons. The summed E-state index contributed by atoms with van der Waals surface area (Å²) in [7, 11) is 6.25. The van der Waals surface area contributed by atoms with Crippen molar-refractivity contribution >= 4 is 10.8 Å². The van der Waals surface area contributed by atoms with E-state index in [2.05, 4.69) is 88.2 Å². The summed E-state index contributed by atoms with van der Waals surface area (Å²) in [5.41, 5.74) is 2.64. The normalized spacial score (nSPS) is 14.1. The number of fused-ring (bicyclic) bond motifs is 1. The fourth-order valence-corrected chi connectivity index (χ4v) is 3.38. The maximum Gasteiger partial charge on any atom is 0.0194 e. The van der Waals surface area contributed by atoms with E-state index in [1.807, 2.05) is 18.2 Å². The van der Waals surface area contributed by atoms with Crippen LogP contribution in [0.1, 0.15) is 94.0 Å². The van der Waals surface area contributed by atoms with Crippen molar-refractivity contribution in [1.82, 2.24) is 0 Å². The maximum atomic E-state index is 5.75. The van der Waals surface area contributed by atoms with E-state index in [9.17, 15) is 0 Å². The Kier molecular flexibility index (Phi) is 23.4. The number of hydrogen-bond acceptors (Lipinski definition) is 0. The summed E-state index contributed by atoms with van der Waals surface area (Å²) < 4.78 is 28.8. The van der Waals surface area contributed by atoms with E-state index < -0.39 is 0 Å². The summed E-state index contributed by atoms with van der Waals surface area (Å²) in [6.07, 6.45) is 11.8. The van der Waals surface area contributed by atoms with Crippen LogP contribution in [-0.2, 0) is 32.7 Å². The van der Waals surface area contributed by atoms with Gasteiger partial charge in [0.1, 0.15) is 0 Å². The Labute approximate surface area is 241 Å². The third-order valence-electron chi connectivity index (χ3n) is 4.91. The van der Waals surface area contributed by atoms with Crippen LogP contribution in [0.3, 0.4) is 0 Å².